The van der Waals surface area contributed by atoms with Crippen molar-refractivity contribution in [3.05, 3.63) is 65.2 Å². The van der Waals surface area contributed by atoms with E-state index in [0.717, 1.165) is 39.0 Å². The van der Waals surface area contributed by atoms with Crippen molar-refractivity contribution < 1.29 is 18.3 Å². The van der Waals surface area contributed by atoms with Crippen LogP contribution in [0.2, 0.25) is 0 Å². The summed E-state index contributed by atoms with van der Waals surface area (Å²) in [5.74, 6) is 0.479. The summed E-state index contributed by atoms with van der Waals surface area (Å²) < 4.78 is 25.8. The van der Waals surface area contributed by atoms with Crippen LogP contribution in [0.3, 0.4) is 0 Å². The number of halogens is 1. The Morgan fingerprint density at radius 3 is 2.59 bits per heavy atom. The molecule has 0 aliphatic carbocycles. The number of hydrogen-bond acceptors (Lipinski definition) is 4. The maximum atomic E-state index is 14.1. The molecule has 168 valence electrons. The second kappa shape index (κ2) is 9.07. The Hall–Kier alpha value is -3.28. The summed E-state index contributed by atoms with van der Waals surface area (Å²) in [7, 11) is 0. The van der Waals surface area contributed by atoms with E-state index in [-0.39, 0.29) is 11.7 Å². The van der Waals surface area contributed by atoms with Crippen LogP contribution in [0.4, 0.5) is 10.1 Å². The van der Waals surface area contributed by atoms with Crippen molar-refractivity contribution in [2.75, 3.05) is 37.7 Å². The van der Waals surface area contributed by atoms with Crippen LogP contribution in [0.1, 0.15) is 30.5 Å². The van der Waals surface area contributed by atoms with E-state index >= 15 is 0 Å². The molecule has 1 aromatic heterocycles. The summed E-state index contributed by atoms with van der Waals surface area (Å²) in [6.45, 7) is 10.7. The molecule has 5 nitrogen and oxygen atoms in total. The van der Waals surface area contributed by atoms with E-state index < -0.39 is 0 Å². The predicted octanol–water partition coefficient (Wildman–Crippen LogP) is 5.34. The first-order valence-corrected chi connectivity index (χ1v) is 11.0. The lowest BCUT2D eigenvalue weighted by Crippen LogP contribution is -2.48. The van der Waals surface area contributed by atoms with Gasteiger partial charge in [0.2, 0.25) is 5.91 Å². The Labute approximate surface area is 188 Å². The average Bonchev–Trinajstić information content (AvgIpc) is 3.17. The Balaban J connectivity index is 1.55. The van der Waals surface area contributed by atoms with Crippen LogP contribution >= 0.6 is 0 Å². The molecule has 1 saturated heterocycles. The molecule has 4 rings (SSSR count). The quantitative estimate of drug-likeness (QED) is 0.507. The van der Waals surface area contributed by atoms with Crippen LogP contribution in [-0.2, 0) is 4.79 Å². The highest BCUT2D eigenvalue weighted by Crippen LogP contribution is 2.37. The van der Waals surface area contributed by atoms with Crippen molar-refractivity contribution in [2.24, 2.45) is 0 Å². The van der Waals surface area contributed by atoms with Crippen LogP contribution < -0.4 is 9.64 Å². The minimum Gasteiger partial charge on any atom is -0.493 e. The van der Waals surface area contributed by atoms with Crippen LogP contribution in [-0.4, -0.2) is 43.6 Å². The van der Waals surface area contributed by atoms with Crippen LogP contribution in [0, 0.1) is 19.7 Å². The Morgan fingerprint density at radius 2 is 1.91 bits per heavy atom. The molecule has 1 aliphatic rings. The fourth-order valence-corrected chi connectivity index (χ4v) is 4.29. The summed E-state index contributed by atoms with van der Waals surface area (Å²) in [6, 6.07) is 8.81. The molecule has 32 heavy (non-hydrogen) atoms. The van der Waals surface area contributed by atoms with Crippen molar-refractivity contribution in [3.63, 3.8) is 0 Å². The predicted molar refractivity (Wildman–Crippen MR) is 126 cm³/mol. The molecule has 0 N–H and O–H groups in total. The van der Waals surface area contributed by atoms with Gasteiger partial charge >= 0.3 is 0 Å². The summed E-state index contributed by atoms with van der Waals surface area (Å²) in [5, 5.41) is 1.03. The smallest absolute Gasteiger partial charge is 0.246 e. The third-order valence-corrected chi connectivity index (χ3v) is 6.08. The Morgan fingerprint density at radius 1 is 1.19 bits per heavy atom. The van der Waals surface area contributed by atoms with Gasteiger partial charge in [0, 0.05) is 48.8 Å². The number of carbonyl (C=O) groups excluding carboxylic acids is 1. The number of ether oxygens (including phenoxy) is 1. The minimum atomic E-state index is -0.230. The molecule has 0 saturated carbocycles. The number of piperazine rings is 1. The molecule has 0 atom stereocenters. The minimum absolute atomic E-state index is 0.0419. The maximum absolute atomic E-state index is 14.1. The van der Waals surface area contributed by atoms with Gasteiger partial charge in [0.25, 0.3) is 0 Å². The van der Waals surface area contributed by atoms with Gasteiger partial charge in [0.15, 0.2) is 0 Å². The third kappa shape index (κ3) is 4.09. The topological polar surface area (TPSA) is 45.9 Å². The Kier molecular flexibility index (Phi) is 6.21. The molecule has 1 fully saturated rings. The summed E-state index contributed by atoms with van der Waals surface area (Å²) in [4.78, 5) is 16.8. The monoisotopic (exact) mass is 436 g/mol. The van der Waals surface area contributed by atoms with E-state index in [9.17, 15) is 9.18 Å². The molecule has 0 spiro atoms. The second-order valence-electron chi connectivity index (χ2n) is 8.20. The molecule has 6 heteroatoms. The van der Waals surface area contributed by atoms with Gasteiger partial charge in [-0.15, -0.1) is 0 Å². The van der Waals surface area contributed by atoms with Crippen molar-refractivity contribution in [1.29, 1.82) is 0 Å². The highest BCUT2D eigenvalue weighted by molar-refractivity contribution is 5.98. The molecule has 0 radical (unpaired) electrons. The normalized spacial score (nSPS) is 14.8. The Bertz CT molecular complexity index is 1170. The highest BCUT2D eigenvalue weighted by atomic mass is 19.1. The van der Waals surface area contributed by atoms with E-state index in [2.05, 4.69) is 0 Å². The fraction of sp³-hybridized carbons (Fsp3) is 0.346. The first-order chi connectivity index (χ1) is 15.4. The zero-order valence-corrected chi connectivity index (χ0v) is 19.1. The highest BCUT2D eigenvalue weighted by Gasteiger charge is 2.23. The molecular formula is C26H29FN2O3. The summed E-state index contributed by atoms with van der Waals surface area (Å²) in [5.41, 5.74) is 5.15. The van der Waals surface area contributed by atoms with Gasteiger partial charge in [0.1, 0.15) is 17.1 Å². The maximum Gasteiger partial charge on any atom is 0.246 e. The van der Waals surface area contributed by atoms with Crippen molar-refractivity contribution in [1.82, 2.24) is 4.90 Å². The fourth-order valence-electron chi connectivity index (χ4n) is 4.29. The standard InChI is InChI=1S/C26H29FN2O3/c1-5-31-25-19(4)26-21(18(3)16-32-26)15-20(25)17(2)14-24(30)29-12-10-28(11-13-29)23-9-7-6-8-22(23)27/h6-9,14-16H,5,10-13H2,1-4H3/b17-14+. The van der Waals surface area contributed by atoms with Gasteiger partial charge in [-0.05, 0) is 57.0 Å². The molecule has 2 aromatic carbocycles. The SMILES string of the molecule is CCOc1c(/C(C)=C/C(=O)N2CCN(c3ccccc3F)CC2)cc2c(C)coc2c1C. The van der Waals surface area contributed by atoms with Gasteiger partial charge in [-0.1, -0.05) is 12.1 Å². The molecule has 0 bridgehead atoms. The number of nitrogens with zero attached hydrogens (tertiary/aromatic N) is 2. The van der Waals surface area contributed by atoms with E-state index in [1.807, 2.05) is 49.6 Å². The largest absolute Gasteiger partial charge is 0.493 e. The van der Waals surface area contributed by atoms with Gasteiger partial charge < -0.3 is 19.0 Å². The first-order valence-electron chi connectivity index (χ1n) is 11.0. The van der Waals surface area contributed by atoms with E-state index in [0.29, 0.717) is 38.5 Å². The first kappa shape index (κ1) is 21.9. The number of allylic oxidation sites excluding steroid dienone is 1. The lowest BCUT2D eigenvalue weighted by atomic mass is 9.98. The van der Waals surface area contributed by atoms with Gasteiger partial charge in [-0.2, -0.15) is 0 Å². The lowest BCUT2D eigenvalue weighted by molar-refractivity contribution is -0.126. The van der Waals surface area contributed by atoms with Crippen LogP contribution in [0.5, 0.6) is 5.75 Å². The number of rotatable bonds is 5. The lowest BCUT2D eigenvalue weighted by Gasteiger charge is -2.35. The third-order valence-electron chi connectivity index (χ3n) is 6.08. The molecule has 0 unspecified atom stereocenters. The summed E-state index contributed by atoms with van der Waals surface area (Å²) in [6.07, 6.45) is 3.42. The van der Waals surface area contributed by atoms with E-state index in [4.69, 9.17) is 9.15 Å². The zero-order valence-electron chi connectivity index (χ0n) is 19.1. The second-order valence-corrected chi connectivity index (χ2v) is 8.20. The number of para-hydroxylation sites is 1. The van der Waals surface area contributed by atoms with E-state index in [1.54, 1.807) is 24.5 Å². The number of benzene rings is 2. The van der Waals surface area contributed by atoms with Crippen molar-refractivity contribution in [2.45, 2.75) is 27.7 Å². The van der Waals surface area contributed by atoms with Crippen LogP contribution in [0.15, 0.2) is 47.1 Å². The number of fused-ring (bicyclic) bond motifs is 1. The molecule has 3 aromatic rings. The molecular weight excluding hydrogens is 407 g/mol. The van der Waals surface area contributed by atoms with Gasteiger partial charge in [0.05, 0.1) is 18.6 Å². The molecule has 2 heterocycles. The number of aryl methyl sites for hydroxylation is 2. The van der Waals surface area contributed by atoms with Crippen molar-refractivity contribution >= 4 is 28.1 Å². The number of hydrogen-bond donors (Lipinski definition) is 0. The summed E-state index contributed by atoms with van der Waals surface area (Å²) >= 11 is 0. The zero-order chi connectivity index (χ0) is 22.8. The van der Waals surface area contributed by atoms with Gasteiger partial charge in [-0.3, -0.25) is 4.79 Å². The molecule has 1 aliphatic heterocycles. The average molecular weight is 437 g/mol. The number of carbonyl (C=O) groups is 1. The number of amides is 1. The van der Waals surface area contributed by atoms with E-state index in [1.165, 1.54) is 6.07 Å². The molecule has 1 amide bonds. The number of anilines is 1. The van der Waals surface area contributed by atoms with Crippen LogP contribution in [0.25, 0.3) is 16.5 Å². The van der Waals surface area contributed by atoms with Gasteiger partial charge in [-0.25, -0.2) is 4.39 Å². The number of furan rings is 1. The van der Waals surface area contributed by atoms with Crippen molar-refractivity contribution in [3.8, 4) is 5.75 Å².